The molecular formula is C20H37OP. The van der Waals surface area contributed by atoms with Crippen molar-refractivity contribution >= 4 is 12.8 Å². The third-order valence-corrected chi connectivity index (χ3v) is 14.5. The normalized spacial score (nSPS) is 27.7. The molecule has 0 amide bonds. The van der Waals surface area contributed by atoms with E-state index < -0.39 is 7.26 Å². The van der Waals surface area contributed by atoms with E-state index in [0.717, 1.165) is 22.5 Å². The van der Waals surface area contributed by atoms with Crippen LogP contribution in [0.25, 0.3) is 0 Å². The minimum atomic E-state index is -1.81. The molecule has 3 rings (SSSR count). The molecule has 22 heavy (non-hydrogen) atoms. The summed E-state index contributed by atoms with van der Waals surface area (Å²) in [6.45, 7) is 2.03. The van der Waals surface area contributed by atoms with Crippen LogP contribution in [0.2, 0.25) is 0 Å². The Kier molecular flexibility index (Phi) is 5.99. The molecule has 0 N–H and O–H groups in total. The molecule has 128 valence electrons. The average Bonchev–Trinajstić information content (AvgIpc) is 2.58. The first-order chi connectivity index (χ1) is 10.8. The van der Waals surface area contributed by atoms with E-state index in [-0.39, 0.29) is 0 Å². The Labute approximate surface area is 138 Å². The monoisotopic (exact) mass is 324 g/mol. The van der Waals surface area contributed by atoms with Crippen LogP contribution in [-0.2, 0) is 4.79 Å². The molecule has 3 aliphatic rings. The van der Waals surface area contributed by atoms with Crippen molar-refractivity contribution in [3.05, 3.63) is 0 Å². The number of carbonyl (C=O) groups excluding carboxylic acids is 1. The van der Waals surface area contributed by atoms with Crippen molar-refractivity contribution in [2.24, 2.45) is 0 Å². The van der Waals surface area contributed by atoms with Crippen LogP contribution >= 0.6 is 7.26 Å². The van der Waals surface area contributed by atoms with Crippen LogP contribution in [0.5, 0.6) is 0 Å². The zero-order valence-electron chi connectivity index (χ0n) is 14.7. The molecule has 3 fully saturated rings. The first-order valence-electron chi connectivity index (χ1n) is 10.3. The van der Waals surface area contributed by atoms with Gasteiger partial charge in [0, 0.05) is 0 Å². The molecule has 0 unspecified atom stereocenters. The van der Waals surface area contributed by atoms with Crippen molar-refractivity contribution in [1.29, 1.82) is 0 Å². The number of carbonyl (C=O) groups is 1. The first kappa shape index (κ1) is 16.9. The summed E-state index contributed by atoms with van der Waals surface area (Å²) in [7, 11) is -1.81. The molecule has 2 heteroatoms. The van der Waals surface area contributed by atoms with E-state index in [1.165, 1.54) is 96.3 Å². The molecule has 0 saturated heterocycles. The minimum absolute atomic E-state index is 0.721. The Morgan fingerprint density at radius 3 is 1.09 bits per heavy atom. The summed E-state index contributed by atoms with van der Waals surface area (Å²) in [5.41, 5.74) is 3.28. The zero-order chi connectivity index (χ0) is 15.4. The van der Waals surface area contributed by atoms with Crippen molar-refractivity contribution in [3.8, 4) is 0 Å². The molecule has 0 aromatic heterocycles. The van der Waals surface area contributed by atoms with Gasteiger partial charge < -0.3 is 0 Å². The second kappa shape index (κ2) is 7.78. The van der Waals surface area contributed by atoms with Crippen LogP contribution < -0.4 is 0 Å². The quantitative estimate of drug-likeness (QED) is 0.556. The summed E-state index contributed by atoms with van der Waals surface area (Å²) in [6.07, 6.45) is 21.1. The summed E-state index contributed by atoms with van der Waals surface area (Å²) in [4.78, 5) is 13.2. The van der Waals surface area contributed by atoms with Gasteiger partial charge in [0.05, 0.1) is 0 Å². The average molecular weight is 324 g/mol. The third-order valence-electron chi connectivity index (χ3n) is 7.45. The Morgan fingerprint density at radius 2 is 0.864 bits per heavy atom. The Hall–Kier alpha value is 0.100. The molecule has 0 aliphatic heterocycles. The molecule has 0 radical (unpaired) electrons. The first-order valence-corrected chi connectivity index (χ1v) is 12.5. The van der Waals surface area contributed by atoms with Gasteiger partial charge in [-0.15, -0.1) is 0 Å². The summed E-state index contributed by atoms with van der Waals surface area (Å²) < 4.78 is 0. The molecule has 3 aliphatic carbocycles. The summed E-state index contributed by atoms with van der Waals surface area (Å²) in [5, 5.41) is 0. The van der Waals surface area contributed by atoms with Crippen LogP contribution in [-0.4, -0.2) is 22.5 Å². The fraction of sp³-hybridized carbons (Fsp3) is 0.950. The summed E-state index contributed by atoms with van der Waals surface area (Å²) >= 11 is 0. The second-order valence-corrected chi connectivity index (χ2v) is 13.5. The van der Waals surface area contributed by atoms with Crippen molar-refractivity contribution in [3.63, 3.8) is 0 Å². The van der Waals surface area contributed by atoms with Gasteiger partial charge in [-0.3, -0.25) is 0 Å². The maximum absolute atomic E-state index is 13.2. The molecule has 0 heterocycles. The number of hydrogen-bond acceptors (Lipinski definition) is 1. The van der Waals surface area contributed by atoms with Gasteiger partial charge in [-0.25, -0.2) is 0 Å². The molecule has 0 aromatic rings. The molecule has 1 nitrogen and oxygen atoms in total. The molecule has 3 saturated carbocycles. The molecule has 0 atom stereocenters. The van der Waals surface area contributed by atoms with Gasteiger partial charge in [0.15, 0.2) is 0 Å². The zero-order valence-corrected chi connectivity index (χ0v) is 15.7. The van der Waals surface area contributed by atoms with Crippen molar-refractivity contribution < 1.29 is 4.79 Å². The van der Waals surface area contributed by atoms with Crippen LogP contribution in [0, 0.1) is 0 Å². The van der Waals surface area contributed by atoms with Crippen LogP contribution in [0.1, 0.15) is 103 Å². The Balaban J connectivity index is 1.94. The topological polar surface area (TPSA) is 17.1 Å². The van der Waals surface area contributed by atoms with E-state index in [1.807, 2.05) is 6.92 Å². The van der Waals surface area contributed by atoms with Gasteiger partial charge in [-0.2, -0.15) is 0 Å². The number of hydrogen-bond donors (Lipinski definition) is 0. The molecular weight excluding hydrogens is 287 g/mol. The van der Waals surface area contributed by atoms with E-state index in [1.54, 1.807) is 0 Å². The van der Waals surface area contributed by atoms with E-state index in [4.69, 9.17) is 0 Å². The second-order valence-electron chi connectivity index (χ2n) is 8.49. The predicted octanol–water partition coefficient (Wildman–Crippen LogP) is 6.28. The van der Waals surface area contributed by atoms with E-state index in [2.05, 4.69) is 0 Å². The van der Waals surface area contributed by atoms with Crippen LogP contribution in [0.15, 0.2) is 0 Å². The molecule has 0 spiro atoms. The predicted molar refractivity (Wildman–Crippen MR) is 99.6 cm³/mol. The SMILES string of the molecule is CC(=O)[PH](C1CCCCC1)(C1CCCCC1)C1CCCCC1. The fourth-order valence-electron chi connectivity index (χ4n) is 6.60. The van der Waals surface area contributed by atoms with Crippen LogP contribution in [0.4, 0.5) is 0 Å². The van der Waals surface area contributed by atoms with Gasteiger partial charge in [-0.05, 0) is 0 Å². The molecule has 0 aromatic carbocycles. The van der Waals surface area contributed by atoms with Crippen LogP contribution in [0.3, 0.4) is 0 Å². The van der Waals surface area contributed by atoms with Crippen molar-refractivity contribution in [2.75, 3.05) is 0 Å². The van der Waals surface area contributed by atoms with Crippen molar-refractivity contribution in [2.45, 2.75) is 120 Å². The van der Waals surface area contributed by atoms with Gasteiger partial charge >= 0.3 is 138 Å². The van der Waals surface area contributed by atoms with Gasteiger partial charge in [0.1, 0.15) is 0 Å². The van der Waals surface area contributed by atoms with Gasteiger partial charge in [0.25, 0.3) is 0 Å². The fourth-order valence-corrected chi connectivity index (χ4v) is 14.4. The Bertz CT molecular complexity index is 314. The molecule has 0 bridgehead atoms. The van der Waals surface area contributed by atoms with E-state index in [9.17, 15) is 4.79 Å². The van der Waals surface area contributed by atoms with E-state index >= 15 is 0 Å². The summed E-state index contributed by atoms with van der Waals surface area (Å²) in [6, 6.07) is 0. The third kappa shape index (κ3) is 3.17. The summed E-state index contributed by atoms with van der Waals surface area (Å²) in [5.74, 6) is 0. The number of rotatable bonds is 4. The van der Waals surface area contributed by atoms with Gasteiger partial charge in [0.2, 0.25) is 0 Å². The van der Waals surface area contributed by atoms with Crippen molar-refractivity contribution in [1.82, 2.24) is 0 Å². The maximum atomic E-state index is 13.2. The Morgan fingerprint density at radius 1 is 0.591 bits per heavy atom. The standard InChI is InChI=1S/C20H37OP/c1-17(21)22(18-11-5-2-6-12-18,19-13-7-3-8-14-19)20-15-9-4-10-16-20/h18-20,22H,2-16H2,1H3. The van der Waals surface area contributed by atoms with E-state index in [0.29, 0.717) is 0 Å². The van der Waals surface area contributed by atoms with Gasteiger partial charge in [-0.1, -0.05) is 0 Å².